The number of nitrogens with zero attached hydrogens (tertiary/aromatic N) is 3. The number of aromatic nitrogens is 2. The highest BCUT2D eigenvalue weighted by Crippen LogP contribution is 2.42. The average Bonchev–Trinajstić information content (AvgIpc) is 3.78. The minimum Gasteiger partial charge on any atom is -0.384 e. The Hall–Kier alpha value is -5.40. The second-order valence-corrected chi connectivity index (χ2v) is 16.0. The normalized spacial score (nSPS) is 15.0. The predicted octanol–water partition coefficient (Wildman–Crippen LogP) is 2.47. The van der Waals surface area contributed by atoms with Gasteiger partial charge in [0.2, 0.25) is 29.5 Å². The molecule has 3 aliphatic rings. The molecule has 2 aliphatic heterocycles. The van der Waals surface area contributed by atoms with E-state index in [1.54, 1.807) is 23.3 Å². The Bertz CT molecular complexity index is 2300. The van der Waals surface area contributed by atoms with E-state index in [2.05, 4.69) is 38.6 Å². The van der Waals surface area contributed by atoms with Gasteiger partial charge in [-0.3, -0.25) is 33.5 Å². The standard InChI is InChI=1S/C43H54N8O9S/c1-6-27-30(41(56)24(2)3)20-34-40-31(22-51(34)43(27)58)28-8-7-9-29-32(11-12-33(47-40)39(28)29)48-42(57)26(5)46-36(53)21-44-37(54)23-60-19-18-59-17-15-45-61-49-35(52)14-16-50-25(4)10-13-38(50)55/h11-12,20,26,41,45,56H,2,4,6-10,13-19,21-23H2,1,3,5H3,(H,44,54)(H,46,53)(H,48,57)(H,49,52)/t26-,41+/m0/s1. The first-order chi connectivity index (χ1) is 29.3. The summed E-state index contributed by atoms with van der Waals surface area (Å²) in [6, 6.07) is 4.63. The molecule has 2 aromatic heterocycles. The first-order valence-electron chi connectivity index (χ1n) is 20.5. The lowest BCUT2D eigenvalue weighted by atomic mass is 9.86. The molecule has 1 fully saturated rings. The van der Waals surface area contributed by atoms with Gasteiger partial charge in [0, 0.05) is 66.0 Å². The number of hydrogen-bond acceptors (Lipinski definition) is 12. The number of aryl methyl sites for hydroxylation is 2. The molecule has 326 valence electrons. The van der Waals surface area contributed by atoms with Crippen molar-refractivity contribution in [3.63, 3.8) is 0 Å². The molecule has 3 aromatic rings. The molecule has 61 heavy (non-hydrogen) atoms. The quantitative estimate of drug-likeness (QED) is 0.0404. The summed E-state index contributed by atoms with van der Waals surface area (Å²) in [5, 5.41) is 20.0. The van der Waals surface area contributed by atoms with Gasteiger partial charge >= 0.3 is 0 Å². The second kappa shape index (κ2) is 20.4. The zero-order chi connectivity index (χ0) is 43.8. The van der Waals surface area contributed by atoms with Crippen molar-refractivity contribution in [2.45, 2.75) is 84.4 Å². The molecule has 0 spiro atoms. The molecule has 6 rings (SSSR count). The van der Waals surface area contributed by atoms with Crippen molar-refractivity contribution < 1.29 is 38.6 Å². The van der Waals surface area contributed by atoms with Crippen LogP contribution in [-0.4, -0.2) is 101 Å². The number of likely N-dealkylation sites (tertiary alicyclic amines) is 1. The third-order valence-electron chi connectivity index (χ3n) is 11.0. The maximum Gasteiger partial charge on any atom is 0.254 e. The number of benzene rings is 1. The summed E-state index contributed by atoms with van der Waals surface area (Å²) in [5.74, 6) is -1.70. The number of fused-ring (bicyclic) bond motifs is 4. The number of nitrogens with one attached hydrogen (secondary N) is 5. The predicted molar refractivity (Wildman–Crippen MR) is 231 cm³/mol. The smallest absolute Gasteiger partial charge is 0.254 e. The Morgan fingerprint density at radius 3 is 2.51 bits per heavy atom. The van der Waals surface area contributed by atoms with E-state index in [0.717, 1.165) is 64.0 Å². The van der Waals surface area contributed by atoms with E-state index in [0.29, 0.717) is 80.0 Å². The van der Waals surface area contributed by atoms with E-state index in [1.165, 1.54) is 0 Å². The van der Waals surface area contributed by atoms with Gasteiger partial charge in [-0.05, 0) is 86.4 Å². The monoisotopic (exact) mass is 858 g/mol. The fraction of sp³-hybridized carbons (Fsp3) is 0.465. The highest BCUT2D eigenvalue weighted by atomic mass is 32.2. The average molecular weight is 859 g/mol. The number of aliphatic hydroxyl groups is 1. The van der Waals surface area contributed by atoms with Crippen molar-refractivity contribution >= 4 is 58.3 Å². The molecule has 1 aromatic carbocycles. The first-order valence-corrected chi connectivity index (χ1v) is 21.4. The lowest BCUT2D eigenvalue weighted by molar-refractivity contribution is -0.130. The van der Waals surface area contributed by atoms with Gasteiger partial charge in [-0.1, -0.05) is 20.1 Å². The maximum absolute atomic E-state index is 13.7. The van der Waals surface area contributed by atoms with E-state index < -0.39 is 29.9 Å². The maximum atomic E-state index is 13.7. The van der Waals surface area contributed by atoms with Gasteiger partial charge in [0.25, 0.3) is 5.56 Å². The number of anilines is 1. The Morgan fingerprint density at radius 1 is 1.00 bits per heavy atom. The lowest BCUT2D eigenvalue weighted by Crippen LogP contribution is -2.46. The summed E-state index contributed by atoms with van der Waals surface area (Å²) in [6.45, 7) is 14.1. The van der Waals surface area contributed by atoms with Gasteiger partial charge in [-0.25, -0.2) is 9.71 Å². The topological polar surface area (TPSA) is 222 Å². The van der Waals surface area contributed by atoms with Crippen molar-refractivity contribution in [2.24, 2.45) is 0 Å². The fourth-order valence-corrected chi connectivity index (χ4v) is 8.30. The molecule has 4 heterocycles. The van der Waals surface area contributed by atoms with E-state index >= 15 is 0 Å². The zero-order valence-electron chi connectivity index (χ0n) is 34.9. The summed E-state index contributed by atoms with van der Waals surface area (Å²) in [5.41, 5.74) is 8.07. The molecule has 0 unspecified atom stereocenters. The SMILES string of the molecule is C=C(C)[C@@H](O)c1cc2n(c(=O)c1CC)Cc1c-2nc2ccc(NC(=O)[C@H](C)NC(=O)CNC(=O)COCCOCCNSNC(=O)CCN3C(=C)CCC3=O)c3c2c1CCC3. The van der Waals surface area contributed by atoms with Crippen LogP contribution in [0.2, 0.25) is 0 Å². The third kappa shape index (κ3) is 10.6. The van der Waals surface area contributed by atoms with E-state index in [1.807, 2.05) is 25.1 Å². The van der Waals surface area contributed by atoms with Crippen molar-refractivity contribution in [2.75, 3.05) is 51.4 Å². The summed E-state index contributed by atoms with van der Waals surface area (Å²) in [4.78, 5) is 82.2. The molecule has 18 heteroatoms. The molecule has 1 aliphatic carbocycles. The van der Waals surface area contributed by atoms with Crippen LogP contribution in [-0.2, 0) is 59.3 Å². The minimum atomic E-state index is -0.957. The van der Waals surface area contributed by atoms with Crippen LogP contribution in [0, 0.1) is 0 Å². The summed E-state index contributed by atoms with van der Waals surface area (Å²) >= 11 is 1.03. The molecule has 2 atom stereocenters. The Labute approximate surface area is 358 Å². The summed E-state index contributed by atoms with van der Waals surface area (Å²) in [7, 11) is 0. The number of aliphatic hydroxyl groups excluding tert-OH is 1. The number of allylic oxidation sites excluding steroid dienone is 1. The molecular weight excluding hydrogens is 805 g/mol. The van der Waals surface area contributed by atoms with Crippen LogP contribution in [0.1, 0.15) is 80.4 Å². The van der Waals surface area contributed by atoms with Crippen LogP contribution in [0.5, 0.6) is 0 Å². The number of carbonyl (C=O) groups excluding carboxylic acids is 5. The first kappa shape index (κ1) is 45.1. The van der Waals surface area contributed by atoms with E-state index in [4.69, 9.17) is 14.5 Å². The number of amides is 5. The molecule has 0 bridgehead atoms. The number of rotatable bonds is 21. The largest absolute Gasteiger partial charge is 0.384 e. The van der Waals surface area contributed by atoms with Gasteiger partial charge < -0.3 is 40.0 Å². The van der Waals surface area contributed by atoms with E-state index in [-0.39, 0.29) is 50.2 Å². The Balaban J connectivity index is 0.906. The van der Waals surface area contributed by atoms with Crippen LogP contribution in [0.15, 0.2) is 47.4 Å². The molecule has 17 nitrogen and oxygen atoms in total. The highest BCUT2D eigenvalue weighted by molar-refractivity contribution is 7.96. The van der Waals surface area contributed by atoms with Gasteiger partial charge in [-0.15, -0.1) is 0 Å². The van der Waals surface area contributed by atoms with Crippen LogP contribution in [0.3, 0.4) is 0 Å². The Morgan fingerprint density at radius 2 is 1.77 bits per heavy atom. The fourth-order valence-electron chi connectivity index (χ4n) is 7.82. The van der Waals surface area contributed by atoms with Gasteiger partial charge in [0.1, 0.15) is 18.8 Å². The van der Waals surface area contributed by atoms with E-state index in [9.17, 15) is 33.9 Å². The highest BCUT2D eigenvalue weighted by Gasteiger charge is 2.32. The molecule has 6 N–H and O–H groups in total. The van der Waals surface area contributed by atoms with Crippen molar-refractivity contribution in [3.8, 4) is 11.4 Å². The summed E-state index contributed by atoms with van der Waals surface area (Å²) in [6.07, 6.45) is 3.09. The van der Waals surface area contributed by atoms with Crippen LogP contribution in [0.25, 0.3) is 22.3 Å². The molecule has 5 amide bonds. The number of pyridine rings is 2. The Kier molecular flexibility index (Phi) is 15.1. The minimum absolute atomic E-state index is 0.0104. The number of carbonyl (C=O) groups is 5. The van der Waals surface area contributed by atoms with Crippen molar-refractivity contribution in [1.82, 2.24) is 34.5 Å². The third-order valence-corrected chi connectivity index (χ3v) is 11.7. The lowest BCUT2D eigenvalue weighted by Gasteiger charge is -2.23. The van der Waals surface area contributed by atoms with Crippen LogP contribution < -0.4 is 31.0 Å². The second-order valence-electron chi connectivity index (χ2n) is 15.3. The number of hydrogen-bond donors (Lipinski definition) is 6. The number of ether oxygens (including phenoxy) is 2. The van der Waals surface area contributed by atoms with Crippen LogP contribution in [0.4, 0.5) is 5.69 Å². The van der Waals surface area contributed by atoms with Crippen LogP contribution >= 0.6 is 12.1 Å². The zero-order valence-corrected chi connectivity index (χ0v) is 35.7. The van der Waals surface area contributed by atoms with Gasteiger partial charge in [-0.2, -0.15) is 0 Å². The summed E-state index contributed by atoms with van der Waals surface area (Å²) < 4.78 is 18.1. The van der Waals surface area contributed by atoms with Gasteiger partial charge in [0.05, 0.1) is 49.8 Å². The molecule has 0 radical (unpaired) electrons. The molecular formula is C43H54N8O9S. The molecule has 1 saturated heterocycles. The molecule has 0 saturated carbocycles. The van der Waals surface area contributed by atoms with Crippen molar-refractivity contribution in [1.29, 1.82) is 0 Å². The van der Waals surface area contributed by atoms with Gasteiger partial charge in [0.15, 0.2) is 0 Å². The van der Waals surface area contributed by atoms with Crippen molar-refractivity contribution in [3.05, 3.63) is 80.8 Å².